The Morgan fingerprint density at radius 1 is 1.00 bits per heavy atom. The van der Waals surface area contributed by atoms with Crippen LogP contribution in [-0.4, -0.2) is 39.0 Å². The van der Waals surface area contributed by atoms with Gasteiger partial charge in [-0.2, -0.15) is 0 Å². The van der Waals surface area contributed by atoms with Crippen LogP contribution in [0.2, 0.25) is 0 Å². The molecule has 0 fully saturated rings. The summed E-state index contributed by atoms with van der Waals surface area (Å²) in [7, 11) is 1.41. The number of aromatic hydroxyl groups is 1. The van der Waals surface area contributed by atoms with Gasteiger partial charge in [-0.05, 0) is 59.7 Å². The van der Waals surface area contributed by atoms with E-state index in [1.165, 1.54) is 53.1 Å². The predicted molar refractivity (Wildman–Crippen MR) is 147 cm³/mol. The first-order chi connectivity index (χ1) is 19.4. The fourth-order valence-electron chi connectivity index (χ4n) is 4.45. The molecule has 1 aromatic heterocycles. The number of aromatic nitrogens is 3. The molecule has 1 atom stereocenters. The lowest BCUT2D eigenvalue weighted by Gasteiger charge is -2.32. The van der Waals surface area contributed by atoms with Gasteiger partial charge in [-0.3, -0.25) is 14.5 Å². The minimum absolute atomic E-state index is 0.199. The van der Waals surface area contributed by atoms with Gasteiger partial charge in [0, 0.05) is 12.2 Å². The second-order valence-corrected chi connectivity index (χ2v) is 9.01. The predicted octanol–water partition coefficient (Wildman–Crippen LogP) is 4.38. The molecule has 4 aromatic carbocycles. The molecule has 0 aliphatic heterocycles. The molecule has 1 heterocycles. The van der Waals surface area contributed by atoms with E-state index in [1.807, 2.05) is 42.5 Å². The molecular formula is C30H26FN5O4. The van der Waals surface area contributed by atoms with Crippen molar-refractivity contribution in [3.05, 3.63) is 114 Å². The monoisotopic (exact) mass is 539 g/mol. The van der Waals surface area contributed by atoms with Gasteiger partial charge in [-0.1, -0.05) is 53.7 Å². The van der Waals surface area contributed by atoms with E-state index in [0.717, 1.165) is 5.56 Å². The Kier molecular flexibility index (Phi) is 7.68. The van der Waals surface area contributed by atoms with Gasteiger partial charge in [0.25, 0.3) is 0 Å². The second-order valence-electron chi connectivity index (χ2n) is 9.01. The molecule has 5 rings (SSSR count). The maximum atomic E-state index is 14.0. The summed E-state index contributed by atoms with van der Waals surface area (Å²) < 4.78 is 20.5. The summed E-state index contributed by atoms with van der Waals surface area (Å²) >= 11 is 0. The van der Waals surface area contributed by atoms with Crippen LogP contribution in [0.4, 0.5) is 10.1 Å². The Morgan fingerprint density at radius 2 is 1.73 bits per heavy atom. The number of nitrogens with zero attached hydrogens (tertiary/aromatic N) is 4. The van der Waals surface area contributed by atoms with Crippen LogP contribution < -0.4 is 15.0 Å². The maximum Gasteiger partial charge on any atom is 0.249 e. The molecule has 2 N–H and O–H groups in total. The summed E-state index contributed by atoms with van der Waals surface area (Å²) in [5.74, 6) is -1.49. The zero-order valence-corrected chi connectivity index (χ0v) is 21.6. The Balaban J connectivity index is 1.57. The van der Waals surface area contributed by atoms with Crippen LogP contribution in [0, 0.1) is 5.82 Å². The highest BCUT2D eigenvalue weighted by Crippen LogP contribution is 2.34. The first-order valence-corrected chi connectivity index (χ1v) is 12.5. The van der Waals surface area contributed by atoms with Gasteiger partial charge in [0.15, 0.2) is 11.5 Å². The molecule has 40 heavy (non-hydrogen) atoms. The fraction of sp³-hybridized carbons (Fsp3) is 0.133. The summed E-state index contributed by atoms with van der Waals surface area (Å²) in [6.45, 7) is -0.0417. The summed E-state index contributed by atoms with van der Waals surface area (Å²) in [6.07, 6.45) is 0. The lowest BCUT2D eigenvalue weighted by Crippen LogP contribution is -2.45. The van der Waals surface area contributed by atoms with Crippen LogP contribution >= 0.6 is 0 Å². The minimum Gasteiger partial charge on any atom is -0.504 e. The molecule has 0 spiro atoms. The van der Waals surface area contributed by atoms with Crippen molar-refractivity contribution in [2.45, 2.75) is 19.1 Å². The van der Waals surface area contributed by atoms with Crippen LogP contribution in [0.5, 0.6) is 11.5 Å². The van der Waals surface area contributed by atoms with Crippen LogP contribution in [0.1, 0.15) is 17.2 Å². The molecule has 2 amide bonds. The van der Waals surface area contributed by atoms with Crippen LogP contribution in [0.3, 0.4) is 0 Å². The first kappa shape index (κ1) is 26.4. The molecule has 0 bridgehead atoms. The number of fused-ring (bicyclic) bond motifs is 1. The number of hydrogen-bond acceptors (Lipinski definition) is 6. The number of amides is 2. The van der Waals surface area contributed by atoms with Gasteiger partial charge in [-0.15, -0.1) is 5.10 Å². The quantitative estimate of drug-likeness (QED) is 0.288. The Bertz CT molecular complexity index is 1640. The standard InChI is InChI=1S/C30H26FN5O4/c1-40-27-16-11-21(17-26(27)37)29(30(39)32-18-20-7-3-2-4-8-20)36(23-14-12-22(31)13-15-23)28(38)19-35-25-10-6-5-9-24(25)33-34-35/h2-17,29,37H,18-19H2,1H3,(H,32,39)/t29-/m1/s1. The van der Waals surface area contributed by atoms with Crippen molar-refractivity contribution in [2.75, 3.05) is 12.0 Å². The second kappa shape index (κ2) is 11.6. The molecule has 0 radical (unpaired) electrons. The number of carbonyl (C=O) groups is 2. The van der Waals surface area contributed by atoms with Crippen LogP contribution in [0.25, 0.3) is 11.0 Å². The molecule has 0 aliphatic rings. The summed E-state index contributed by atoms with van der Waals surface area (Å²) in [6, 6.07) is 25.1. The third-order valence-corrected chi connectivity index (χ3v) is 6.41. The zero-order valence-electron chi connectivity index (χ0n) is 21.6. The molecule has 202 valence electrons. The summed E-state index contributed by atoms with van der Waals surface area (Å²) in [5.41, 5.74) is 2.72. The highest BCUT2D eigenvalue weighted by molar-refractivity contribution is 6.01. The smallest absolute Gasteiger partial charge is 0.249 e. The van der Waals surface area contributed by atoms with Gasteiger partial charge in [0.05, 0.1) is 12.6 Å². The third kappa shape index (κ3) is 5.60. The average Bonchev–Trinajstić information content (AvgIpc) is 3.38. The fourth-order valence-corrected chi connectivity index (χ4v) is 4.45. The topological polar surface area (TPSA) is 110 Å². The van der Waals surface area contributed by atoms with Crippen molar-refractivity contribution < 1.29 is 23.8 Å². The van der Waals surface area contributed by atoms with Crippen molar-refractivity contribution in [1.82, 2.24) is 20.3 Å². The van der Waals surface area contributed by atoms with Crippen molar-refractivity contribution in [3.63, 3.8) is 0 Å². The number of phenolic OH excluding ortho intramolecular Hbond substituents is 1. The Labute approximate surface area is 229 Å². The van der Waals surface area contributed by atoms with E-state index in [-0.39, 0.29) is 30.3 Å². The van der Waals surface area contributed by atoms with Crippen LogP contribution in [0.15, 0.2) is 97.1 Å². The number of anilines is 1. The van der Waals surface area contributed by atoms with Crippen LogP contribution in [-0.2, 0) is 22.7 Å². The number of phenols is 1. The molecule has 5 aromatic rings. The van der Waals surface area contributed by atoms with Crippen molar-refractivity contribution in [2.24, 2.45) is 0 Å². The van der Waals surface area contributed by atoms with E-state index in [9.17, 15) is 19.1 Å². The molecular weight excluding hydrogens is 513 g/mol. The molecule has 0 unspecified atom stereocenters. The van der Waals surface area contributed by atoms with Crippen molar-refractivity contribution in [1.29, 1.82) is 0 Å². The number of halogens is 1. The maximum absolute atomic E-state index is 14.0. The molecule has 9 nitrogen and oxygen atoms in total. The Morgan fingerprint density at radius 3 is 2.45 bits per heavy atom. The van der Waals surface area contributed by atoms with Gasteiger partial charge in [0.2, 0.25) is 11.8 Å². The van der Waals surface area contributed by atoms with E-state index >= 15 is 0 Å². The largest absolute Gasteiger partial charge is 0.504 e. The molecule has 10 heteroatoms. The van der Waals surface area contributed by atoms with Gasteiger partial charge < -0.3 is 15.2 Å². The van der Waals surface area contributed by atoms with E-state index in [4.69, 9.17) is 4.74 Å². The number of benzene rings is 4. The number of methoxy groups -OCH3 is 1. The zero-order chi connectivity index (χ0) is 28.1. The molecule has 0 aliphatic carbocycles. The number of nitrogens with one attached hydrogen (secondary N) is 1. The third-order valence-electron chi connectivity index (χ3n) is 6.41. The first-order valence-electron chi connectivity index (χ1n) is 12.5. The highest BCUT2D eigenvalue weighted by Gasteiger charge is 2.34. The number of rotatable bonds is 9. The number of ether oxygens (including phenoxy) is 1. The van der Waals surface area contributed by atoms with E-state index in [2.05, 4.69) is 15.6 Å². The number of para-hydroxylation sites is 1. The van der Waals surface area contributed by atoms with Gasteiger partial charge >= 0.3 is 0 Å². The minimum atomic E-state index is -1.23. The van der Waals surface area contributed by atoms with Crippen molar-refractivity contribution >= 4 is 28.5 Å². The van der Waals surface area contributed by atoms with E-state index in [0.29, 0.717) is 16.6 Å². The SMILES string of the molecule is COc1ccc([C@H](C(=O)NCc2ccccc2)N(C(=O)Cn2nnc3ccccc32)c2ccc(F)cc2)cc1O. The van der Waals surface area contributed by atoms with E-state index < -0.39 is 23.7 Å². The Hall–Kier alpha value is -5.25. The van der Waals surface area contributed by atoms with Gasteiger partial charge in [0.1, 0.15) is 23.9 Å². The average molecular weight is 540 g/mol. The lowest BCUT2D eigenvalue weighted by atomic mass is 10.0. The lowest BCUT2D eigenvalue weighted by molar-refractivity contribution is -0.127. The van der Waals surface area contributed by atoms with Crippen molar-refractivity contribution in [3.8, 4) is 11.5 Å². The highest BCUT2D eigenvalue weighted by atomic mass is 19.1. The summed E-state index contributed by atoms with van der Waals surface area (Å²) in [5, 5.41) is 21.7. The number of hydrogen-bond donors (Lipinski definition) is 2. The number of carbonyl (C=O) groups excluding carboxylic acids is 2. The van der Waals surface area contributed by atoms with Gasteiger partial charge in [-0.25, -0.2) is 9.07 Å². The normalized spacial score (nSPS) is 11.7. The molecule has 0 saturated carbocycles. The summed E-state index contributed by atoms with van der Waals surface area (Å²) in [4.78, 5) is 29.1. The molecule has 0 saturated heterocycles. The van der Waals surface area contributed by atoms with E-state index in [1.54, 1.807) is 18.2 Å².